The van der Waals surface area contributed by atoms with E-state index < -0.39 is 5.41 Å². The molecule has 0 fully saturated rings. The third kappa shape index (κ3) is 4.42. The summed E-state index contributed by atoms with van der Waals surface area (Å²) in [7, 11) is 0. The standard InChI is InChI=1S/C30H28BrN3O2/c1-18-10-15-23-22(16-18)26(20-8-6-5-7-9-20)27(28(35)32-23)24-17-25(19-11-13-21(31)14-12-19)34(33-24)29(36)30(2,3)4/h5-16,25H,17H2,1-4H3,(H,32,35)/t25-/m0/s1. The van der Waals surface area contributed by atoms with Crippen molar-refractivity contribution in [2.75, 3.05) is 0 Å². The molecule has 0 saturated carbocycles. The average molecular weight is 542 g/mol. The van der Waals surface area contributed by atoms with Gasteiger partial charge in [0.25, 0.3) is 5.56 Å². The van der Waals surface area contributed by atoms with Crippen molar-refractivity contribution in [1.29, 1.82) is 0 Å². The molecule has 5 nitrogen and oxygen atoms in total. The molecule has 1 atom stereocenters. The molecule has 0 saturated heterocycles. The van der Waals surface area contributed by atoms with Crippen molar-refractivity contribution in [2.45, 2.75) is 40.2 Å². The number of aromatic nitrogens is 1. The van der Waals surface area contributed by atoms with Crippen LogP contribution in [0, 0.1) is 12.3 Å². The molecule has 1 aromatic heterocycles. The summed E-state index contributed by atoms with van der Waals surface area (Å²) in [6, 6.07) is 23.6. The van der Waals surface area contributed by atoms with Crippen LogP contribution in [0.2, 0.25) is 0 Å². The van der Waals surface area contributed by atoms with Gasteiger partial charge < -0.3 is 4.98 Å². The lowest BCUT2D eigenvalue weighted by Crippen LogP contribution is -2.36. The summed E-state index contributed by atoms with van der Waals surface area (Å²) in [6.45, 7) is 7.72. The van der Waals surface area contributed by atoms with Gasteiger partial charge in [-0.2, -0.15) is 5.10 Å². The Morgan fingerprint density at radius 3 is 2.36 bits per heavy atom. The number of H-pyrrole nitrogens is 1. The third-order valence-electron chi connectivity index (χ3n) is 6.54. The molecule has 0 unspecified atom stereocenters. The summed E-state index contributed by atoms with van der Waals surface area (Å²) in [5.74, 6) is -0.0836. The number of benzene rings is 3. The number of nitrogens with one attached hydrogen (secondary N) is 1. The minimum Gasteiger partial charge on any atom is -0.321 e. The molecule has 0 spiro atoms. The van der Waals surface area contributed by atoms with Gasteiger partial charge in [-0.15, -0.1) is 0 Å². The SMILES string of the molecule is Cc1ccc2[nH]c(=O)c(C3=NN(C(=O)C(C)(C)C)[C@H](c4ccc(Br)cc4)C3)c(-c3ccccc3)c2c1. The van der Waals surface area contributed by atoms with Gasteiger partial charge in [0.05, 0.1) is 17.3 Å². The largest absolute Gasteiger partial charge is 0.321 e. The van der Waals surface area contributed by atoms with Crippen LogP contribution in [0.5, 0.6) is 0 Å². The zero-order valence-electron chi connectivity index (χ0n) is 20.8. The van der Waals surface area contributed by atoms with E-state index in [4.69, 9.17) is 5.10 Å². The van der Waals surface area contributed by atoms with Gasteiger partial charge in [-0.3, -0.25) is 9.59 Å². The van der Waals surface area contributed by atoms with Crippen molar-refractivity contribution in [3.63, 3.8) is 0 Å². The van der Waals surface area contributed by atoms with Crippen LogP contribution < -0.4 is 5.56 Å². The van der Waals surface area contributed by atoms with Crippen LogP contribution in [0.1, 0.15) is 49.9 Å². The van der Waals surface area contributed by atoms with Crippen molar-refractivity contribution >= 4 is 38.5 Å². The van der Waals surface area contributed by atoms with Gasteiger partial charge in [-0.25, -0.2) is 5.01 Å². The van der Waals surface area contributed by atoms with Crippen molar-refractivity contribution < 1.29 is 4.79 Å². The minimum absolute atomic E-state index is 0.0836. The Kier molecular flexibility index (Phi) is 6.17. The molecule has 182 valence electrons. The predicted octanol–water partition coefficient (Wildman–Crippen LogP) is 6.99. The van der Waals surface area contributed by atoms with Crippen LogP contribution in [0.3, 0.4) is 0 Å². The second-order valence-electron chi connectivity index (χ2n) is 10.3. The van der Waals surface area contributed by atoms with Crippen molar-refractivity contribution in [3.05, 3.63) is 104 Å². The number of carbonyl (C=O) groups is 1. The Balaban J connectivity index is 1.75. The number of hydrazone groups is 1. The number of halogens is 1. The molecule has 0 bridgehead atoms. The highest BCUT2D eigenvalue weighted by Crippen LogP contribution is 2.39. The quantitative estimate of drug-likeness (QED) is 0.303. The summed E-state index contributed by atoms with van der Waals surface area (Å²) in [4.78, 5) is 30.2. The van der Waals surface area contributed by atoms with Crippen LogP contribution in [0.15, 0.2) is 87.2 Å². The van der Waals surface area contributed by atoms with Crippen LogP contribution in [0.4, 0.5) is 0 Å². The van der Waals surface area contributed by atoms with Gasteiger partial charge >= 0.3 is 0 Å². The highest BCUT2D eigenvalue weighted by Gasteiger charge is 2.39. The second kappa shape index (κ2) is 9.17. The Bertz CT molecular complexity index is 1550. The van der Waals surface area contributed by atoms with Crippen LogP contribution in [-0.2, 0) is 4.79 Å². The summed E-state index contributed by atoms with van der Waals surface area (Å²) < 4.78 is 0.965. The van der Waals surface area contributed by atoms with Crippen molar-refractivity contribution in [2.24, 2.45) is 10.5 Å². The molecule has 1 amide bonds. The second-order valence-corrected chi connectivity index (χ2v) is 11.3. The molecule has 5 rings (SSSR count). The lowest BCUT2D eigenvalue weighted by molar-refractivity contribution is -0.141. The van der Waals surface area contributed by atoms with E-state index in [1.807, 2.05) is 94.4 Å². The summed E-state index contributed by atoms with van der Waals surface area (Å²) >= 11 is 3.50. The molecule has 2 heterocycles. The molecule has 1 aliphatic heterocycles. The highest BCUT2D eigenvalue weighted by atomic mass is 79.9. The average Bonchev–Trinajstić information content (AvgIpc) is 3.28. The maximum Gasteiger partial charge on any atom is 0.258 e. The van der Waals surface area contributed by atoms with E-state index in [2.05, 4.69) is 27.0 Å². The zero-order valence-corrected chi connectivity index (χ0v) is 22.4. The van der Waals surface area contributed by atoms with E-state index in [9.17, 15) is 9.59 Å². The predicted molar refractivity (Wildman–Crippen MR) is 149 cm³/mol. The molecule has 1 aliphatic rings. The monoisotopic (exact) mass is 541 g/mol. The lowest BCUT2D eigenvalue weighted by atomic mass is 9.90. The molecule has 0 radical (unpaired) electrons. The number of amides is 1. The highest BCUT2D eigenvalue weighted by molar-refractivity contribution is 9.10. The van der Waals surface area contributed by atoms with E-state index in [1.54, 1.807) is 5.01 Å². The number of carbonyl (C=O) groups excluding carboxylic acids is 1. The fourth-order valence-electron chi connectivity index (χ4n) is 4.72. The Labute approximate surface area is 219 Å². The molecular weight excluding hydrogens is 514 g/mol. The number of rotatable bonds is 3. The van der Waals surface area contributed by atoms with Crippen LogP contribution in [0.25, 0.3) is 22.0 Å². The molecule has 4 aromatic rings. The first kappa shape index (κ1) is 24.2. The molecule has 36 heavy (non-hydrogen) atoms. The maximum absolute atomic E-state index is 13.6. The summed E-state index contributed by atoms with van der Waals surface area (Å²) in [6.07, 6.45) is 0.448. The molecular formula is C30H28BrN3O2. The molecule has 3 aromatic carbocycles. The van der Waals surface area contributed by atoms with Crippen molar-refractivity contribution in [1.82, 2.24) is 9.99 Å². The van der Waals surface area contributed by atoms with E-state index in [0.717, 1.165) is 37.6 Å². The molecule has 1 N–H and O–H groups in total. The first-order valence-electron chi connectivity index (χ1n) is 12.0. The first-order valence-corrected chi connectivity index (χ1v) is 12.8. The van der Waals surface area contributed by atoms with Crippen molar-refractivity contribution in [3.8, 4) is 11.1 Å². The Hall–Kier alpha value is -3.51. The van der Waals surface area contributed by atoms with Gasteiger partial charge in [0.2, 0.25) is 5.91 Å². The van der Waals surface area contributed by atoms with Crippen LogP contribution in [-0.4, -0.2) is 21.6 Å². The van der Waals surface area contributed by atoms with Gasteiger partial charge in [-0.05, 0) is 42.3 Å². The van der Waals surface area contributed by atoms with Gasteiger partial charge in [0, 0.05) is 32.8 Å². The van der Waals surface area contributed by atoms with E-state index in [-0.39, 0.29) is 17.5 Å². The lowest BCUT2D eigenvalue weighted by Gasteiger charge is -2.28. The number of nitrogens with zero attached hydrogens (tertiary/aromatic N) is 2. The van der Waals surface area contributed by atoms with E-state index in [0.29, 0.717) is 17.7 Å². The maximum atomic E-state index is 13.6. The smallest absolute Gasteiger partial charge is 0.258 e. The summed E-state index contributed by atoms with van der Waals surface area (Å²) in [5, 5.41) is 7.38. The molecule has 0 aliphatic carbocycles. The van der Waals surface area contributed by atoms with Gasteiger partial charge in [-0.1, -0.05) is 90.8 Å². The topological polar surface area (TPSA) is 65.5 Å². The number of aromatic amines is 1. The fourth-order valence-corrected chi connectivity index (χ4v) is 4.99. The van der Waals surface area contributed by atoms with E-state index >= 15 is 0 Å². The Morgan fingerprint density at radius 1 is 1.00 bits per heavy atom. The summed E-state index contributed by atoms with van der Waals surface area (Å²) in [5.41, 5.74) is 4.94. The number of hydrogen-bond acceptors (Lipinski definition) is 3. The number of hydrogen-bond donors (Lipinski definition) is 1. The van der Waals surface area contributed by atoms with Crippen LogP contribution >= 0.6 is 15.9 Å². The number of aryl methyl sites for hydroxylation is 1. The van der Waals surface area contributed by atoms with Gasteiger partial charge in [0.1, 0.15) is 0 Å². The Morgan fingerprint density at radius 2 is 1.69 bits per heavy atom. The third-order valence-corrected chi connectivity index (χ3v) is 7.06. The van der Waals surface area contributed by atoms with E-state index in [1.165, 1.54) is 0 Å². The normalized spacial score (nSPS) is 15.9. The van der Waals surface area contributed by atoms with Gasteiger partial charge in [0.15, 0.2) is 0 Å². The minimum atomic E-state index is -0.623. The number of fused-ring (bicyclic) bond motifs is 1. The number of pyridine rings is 1. The first-order chi connectivity index (χ1) is 17.1. The molecule has 6 heteroatoms. The zero-order chi connectivity index (χ0) is 25.6. The fraction of sp³-hybridized carbons (Fsp3) is 0.233.